The highest BCUT2D eigenvalue weighted by Crippen LogP contribution is 2.14. The van der Waals surface area contributed by atoms with E-state index in [0.29, 0.717) is 12.1 Å². The van der Waals surface area contributed by atoms with Gasteiger partial charge in [-0.2, -0.15) is 0 Å². The van der Waals surface area contributed by atoms with E-state index in [4.69, 9.17) is 0 Å². The minimum atomic E-state index is -0.000648. The zero-order chi connectivity index (χ0) is 12.3. The second kappa shape index (κ2) is 5.42. The van der Waals surface area contributed by atoms with Crippen molar-refractivity contribution in [1.29, 1.82) is 0 Å². The molecule has 1 aromatic carbocycles. The van der Waals surface area contributed by atoms with Crippen LogP contribution in [0, 0.1) is 0 Å². The summed E-state index contributed by atoms with van der Waals surface area (Å²) in [6, 6.07) is 7.38. The Hall–Kier alpha value is -1.20. The van der Waals surface area contributed by atoms with Crippen LogP contribution >= 0.6 is 27.3 Å². The summed E-state index contributed by atoms with van der Waals surface area (Å²) in [7, 11) is 1.78. The maximum Gasteiger partial charge on any atom is 0.253 e. The number of carbonyl (C=O) groups excluding carboxylic acids is 1. The van der Waals surface area contributed by atoms with Gasteiger partial charge in [0.25, 0.3) is 5.91 Å². The van der Waals surface area contributed by atoms with Crippen LogP contribution in [-0.2, 0) is 6.54 Å². The highest BCUT2D eigenvalue weighted by atomic mass is 79.9. The second-order valence-electron chi connectivity index (χ2n) is 3.65. The normalized spacial score (nSPS) is 10.2. The second-order valence-corrected chi connectivity index (χ2v) is 5.29. The number of rotatable bonds is 3. The van der Waals surface area contributed by atoms with Gasteiger partial charge in [0.1, 0.15) is 0 Å². The van der Waals surface area contributed by atoms with Gasteiger partial charge < -0.3 is 4.90 Å². The summed E-state index contributed by atoms with van der Waals surface area (Å²) in [5, 5.41) is 1.95. The lowest BCUT2D eigenvalue weighted by molar-refractivity contribution is 0.0783. The van der Waals surface area contributed by atoms with E-state index in [-0.39, 0.29) is 5.91 Å². The van der Waals surface area contributed by atoms with Crippen molar-refractivity contribution < 1.29 is 4.79 Å². The number of halogens is 1. The molecule has 0 bridgehead atoms. The maximum absolute atomic E-state index is 12.1. The molecule has 0 N–H and O–H groups in total. The monoisotopic (exact) mass is 310 g/mol. The van der Waals surface area contributed by atoms with Crippen LogP contribution in [0.4, 0.5) is 0 Å². The molecule has 1 heterocycles. The minimum Gasteiger partial charge on any atom is -0.336 e. The van der Waals surface area contributed by atoms with Gasteiger partial charge in [-0.1, -0.05) is 22.0 Å². The van der Waals surface area contributed by atoms with Gasteiger partial charge in [0.15, 0.2) is 0 Å². The Labute approximate surface area is 112 Å². The fraction of sp³-hybridized carbons (Fsp3) is 0.167. The smallest absolute Gasteiger partial charge is 0.253 e. The van der Waals surface area contributed by atoms with E-state index < -0.39 is 0 Å². The molecule has 0 aliphatic carbocycles. The Morgan fingerprint density at radius 2 is 2.35 bits per heavy atom. The van der Waals surface area contributed by atoms with Crippen molar-refractivity contribution in [3.05, 3.63) is 50.9 Å². The van der Waals surface area contributed by atoms with E-state index >= 15 is 0 Å². The molecule has 1 amide bonds. The van der Waals surface area contributed by atoms with Crippen LogP contribution in [-0.4, -0.2) is 22.8 Å². The first-order valence-corrected chi connectivity index (χ1v) is 6.78. The largest absolute Gasteiger partial charge is 0.336 e. The van der Waals surface area contributed by atoms with Gasteiger partial charge in [0, 0.05) is 22.5 Å². The highest BCUT2D eigenvalue weighted by molar-refractivity contribution is 9.10. The van der Waals surface area contributed by atoms with Crippen molar-refractivity contribution >= 4 is 33.2 Å². The Kier molecular flexibility index (Phi) is 3.91. The van der Waals surface area contributed by atoms with E-state index in [1.165, 1.54) is 11.3 Å². The summed E-state index contributed by atoms with van der Waals surface area (Å²) in [5.41, 5.74) is 3.37. The average molecular weight is 311 g/mol. The molecule has 0 aliphatic heterocycles. The van der Waals surface area contributed by atoms with Gasteiger partial charge in [0.2, 0.25) is 0 Å². The van der Waals surface area contributed by atoms with E-state index in [2.05, 4.69) is 20.9 Å². The number of benzene rings is 1. The van der Waals surface area contributed by atoms with E-state index in [9.17, 15) is 4.79 Å². The summed E-state index contributed by atoms with van der Waals surface area (Å²) >= 11 is 4.89. The SMILES string of the molecule is CN(Cc1cscn1)C(=O)c1cccc(Br)c1. The molecule has 0 unspecified atom stereocenters. The molecule has 1 aromatic heterocycles. The van der Waals surface area contributed by atoms with E-state index in [0.717, 1.165) is 10.2 Å². The number of carbonyl (C=O) groups is 1. The van der Waals surface area contributed by atoms with Crippen molar-refractivity contribution in [1.82, 2.24) is 9.88 Å². The van der Waals surface area contributed by atoms with Crippen molar-refractivity contribution in [3.8, 4) is 0 Å². The van der Waals surface area contributed by atoms with E-state index in [1.54, 1.807) is 17.5 Å². The van der Waals surface area contributed by atoms with Gasteiger partial charge in [-0.05, 0) is 18.2 Å². The van der Waals surface area contributed by atoms with Gasteiger partial charge in [-0.15, -0.1) is 11.3 Å². The highest BCUT2D eigenvalue weighted by Gasteiger charge is 2.12. The average Bonchev–Trinajstić information content (AvgIpc) is 2.80. The van der Waals surface area contributed by atoms with Crippen LogP contribution in [0.25, 0.3) is 0 Å². The van der Waals surface area contributed by atoms with Gasteiger partial charge in [-0.25, -0.2) is 4.98 Å². The van der Waals surface area contributed by atoms with Crippen molar-refractivity contribution in [2.75, 3.05) is 7.05 Å². The lowest BCUT2D eigenvalue weighted by Crippen LogP contribution is -2.26. The lowest BCUT2D eigenvalue weighted by Gasteiger charge is -2.15. The molecule has 0 spiro atoms. The first-order valence-electron chi connectivity index (χ1n) is 5.05. The summed E-state index contributed by atoms with van der Waals surface area (Å²) in [5.74, 6) is -0.000648. The summed E-state index contributed by atoms with van der Waals surface area (Å²) in [6.45, 7) is 0.537. The Morgan fingerprint density at radius 1 is 1.53 bits per heavy atom. The van der Waals surface area contributed by atoms with Crippen molar-refractivity contribution in [2.24, 2.45) is 0 Å². The predicted octanol–water partition coefficient (Wildman–Crippen LogP) is 3.18. The van der Waals surface area contributed by atoms with Crippen LogP contribution in [0.3, 0.4) is 0 Å². The zero-order valence-electron chi connectivity index (χ0n) is 9.26. The van der Waals surface area contributed by atoms with Gasteiger partial charge >= 0.3 is 0 Å². The third-order valence-electron chi connectivity index (χ3n) is 2.30. The number of aromatic nitrogens is 1. The quantitative estimate of drug-likeness (QED) is 0.872. The number of hydrogen-bond donors (Lipinski definition) is 0. The number of hydrogen-bond acceptors (Lipinski definition) is 3. The fourth-order valence-electron chi connectivity index (χ4n) is 1.47. The predicted molar refractivity (Wildman–Crippen MR) is 72.1 cm³/mol. The fourth-order valence-corrected chi connectivity index (χ4v) is 2.42. The summed E-state index contributed by atoms with van der Waals surface area (Å²) in [6.07, 6.45) is 0. The van der Waals surface area contributed by atoms with Gasteiger partial charge in [-0.3, -0.25) is 4.79 Å². The van der Waals surface area contributed by atoms with E-state index in [1.807, 2.05) is 29.6 Å². The standard InChI is InChI=1S/C12H11BrN2OS/c1-15(6-11-7-17-8-14-11)12(16)9-3-2-4-10(13)5-9/h2-5,7-8H,6H2,1H3. The molecular weight excluding hydrogens is 300 g/mol. The molecular formula is C12H11BrN2OS. The van der Waals surface area contributed by atoms with Crippen LogP contribution in [0.1, 0.15) is 16.1 Å². The molecule has 17 heavy (non-hydrogen) atoms. The Bertz CT molecular complexity index is 513. The minimum absolute atomic E-state index is 0.000648. The molecule has 0 aliphatic rings. The maximum atomic E-state index is 12.1. The third-order valence-corrected chi connectivity index (χ3v) is 3.43. The molecule has 2 aromatic rings. The molecule has 5 heteroatoms. The molecule has 2 rings (SSSR count). The van der Waals surface area contributed by atoms with Crippen molar-refractivity contribution in [3.63, 3.8) is 0 Å². The lowest BCUT2D eigenvalue weighted by atomic mass is 10.2. The molecule has 0 saturated heterocycles. The zero-order valence-corrected chi connectivity index (χ0v) is 11.7. The van der Waals surface area contributed by atoms with Crippen molar-refractivity contribution in [2.45, 2.75) is 6.54 Å². The molecule has 0 atom stereocenters. The third kappa shape index (κ3) is 3.14. The van der Waals surface area contributed by atoms with Gasteiger partial charge in [0.05, 0.1) is 17.7 Å². The Balaban J connectivity index is 2.09. The first kappa shape index (κ1) is 12.3. The number of amides is 1. The molecule has 0 saturated carbocycles. The molecule has 0 fully saturated rings. The number of nitrogens with zero attached hydrogens (tertiary/aromatic N) is 2. The molecule has 3 nitrogen and oxygen atoms in total. The summed E-state index contributed by atoms with van der Waals surface area (Å²) in [4.78, 5) is 17.9. The van der Waals surface area contributed by atoms with Crippen LogP contribution in [0.2, 0.25) is 0 Å². The van der Waals surface area contributed by atoms with Crippen LogP contribution < -0.4 is 0 Å². The first-order chi connectivity index (χ1) is 8.16. The van der Waals surface area contributed by atoms with Crippen LogP contribution in [0.15, 0.2) is 39.6 Å². The van der Waals surface area contributed by atoms with Crippen LogP contribution in [0.5, 0.6) is 0 Å². The number of thiazole rings is 1. The molecule has 88 valence electrons. The summed E-state index contributed by atoms with van der Waals surface area (Å²) < 4.78 is 0.908. The topological polar surface area (TPSA) is 33.2 Å². The Morgan fingerprint density at radius 3 is 3.00 bits per heavy atom. The molecule has 0 radical (unpaired) electrons.